The van der Waals surface area contributed by atoms with Crippen LogP contribution in [0.5, 0.6) is 0 Å². The smallest absolute Gasteiger partial charge is 0.154 e. The second-order valence-electron chi connectivity index (χ2n) is 1.74. The van der Waals surface area contributed by atoms with Crippen LogP contribution in [0, 0.1) is 13.8 Å². The second kappa shape index (κ2) is 2.27. The Balaban J connectivity index is 3.17. The maximum Gasteiger partial charge on any atom is 0.154 e. The van der Waals surface area contributed by atoms with Crippen molar-refractivity contribution in [2.24, 2.45) is 0 Å². The standard InChI is InChI=1S/C5H6ClN3/c1-3-5(6)7-4(2)9-8-3/h1-2H3. The molecule has 0 unspecified atom stereocenters. The SMILES string of the molecule is Cc1nnc(C)c(Cl)n1. The first-order valence-corrected chi connectivity index (χ1v) is 2.91. The zero-order chi connectivity index (χ0) is 6.85. The van der Waals surface area contributed by atoms with E-state index in [1.165, 1.54) is 0 Å². The average Bonchev–Trinajstić information content (AvgIpc) is 1.80. The number of nitrogens with zero attached hydrogens (tertiary/aromatic N) is 3. The molecule has 1 rings (SSSR count). The minimum Gasteiger partial charge on any atom is -0.218 e. The van der Waals surface area contributed by atoms with Crippen molar-refractivity contribution in [1.29, 1.82) is 0 Å². The topological polar surface area (TPSA) is 38.7 Å². The maximum absolute atomic E-state index is 5.60. The molecule has 3 nitrogen and oxygen atoms in total. The first-order chi connectivity index (χ1) is 4.20. The summed E-state index contributed by atoms with van der Waals surface area (Å²) in [6, 6.07) is 0. The average molecular weight is 144 g/mol. The van der Waals surface area contributed by atoms with Crippen molar-refractivity contribution in [3.05, 3.63) is 16.7 Å². The Morgan fingerprint density at radius 3 is 2.33 bits per heavy atom. The lowest BCUT2D eigenvalue weighted by Gasteiger charge is -1.92. The van der Waals surface area contributed by atoms with E-state index in [2.05, 4.69) is 15.2 Å². The predicted molar refractivity (Wildman–Crippen MR) is 34.3 cm³/mol. The number of halogens is 1. The first kappa shape index (κ1) is 6.42. The van der Waals surface area contributed by atoms with Crippen LogP contribution in [-0.4, -0.2) is 15.2 Å². The van der Waals surface area contributed by atoms with Crippen molar-refractivity contribution < 1.29 is 0 Å². The van der Waals surface area contributed by atoms with Crippen LogP contribution in [0.3, 0.4) is 0 Å². The summed E-state index contributed by atoms with van der Waals surface area (Å²) in [5, 5.41) is 7.86. The normalized spacial score (nSPS) is 9.67. The summed E-state index contributed by atoms with van der Waals surface area (Å²) in [5.74, 6) is 0.602. The summed E-state index contributed by atoms with van der Waals surface area (Å²) in [4.78, 5) is 3.86. The van der Waals surface area contributed by atoms with Gasteiger partial charge in [0, 0.05) is 0 Å². The van der Waals surface area contributed by atoms with Crippen LogP contribution in [0.4, 0.5) is 0 Å². The van der Waals surface area contributed by atoms with Crippen molar-refractivity contribution >= 4 is 11.6 Å². The van der Waals surface area contributed by atoms with E-state index in [1.807, 2.05) is 0 Å². The molecule has 0 bridgehead atoms. The van der Waals surface area contributed by atoms with Gasteiger partial charge in [0.2, 0.25) is 0 Å². The van der Waals surface area contributed by atoms with Gasteiger partial charge in [-0.2, -0.15) is 5.10 Å². The summed E-state index contributed by atoms with van der Waals surface area (Å²) < 4.78 is 0. The van der Waals surface area contributed by atoms with Crippen LogP contribution in [0.2, 0.25) is 5.15 Å². The van der Waals surface area contributed by atoms with Gasteiger partial charge in [-0.05, 0) is 13.8 Å². The fourth-order valence-corrected chi connectivity index (χ4v) is 0.594. The van der Waals surface area contributed by atoms with Crippen molar-refractivity contribution in [2.75, 3.05) is 0 Å². The lowest BCUT2D eigenvalue weighted by Crippen LogP contribution is -1.94. The monoisotopic (exact) mass is 143 g/mol. The van der Waals surface area contributed by atoms with Gasteiger partial charge < -0.3 is 0 Å². The second-order valence-corrected chi connectivity index (χ2v) is 2.09. The van der Waals surface area contributed by atoms with Gasteiger partial charge in [-0.3, -0.25) is 0 Å². The van der Waals surface area contributed by atoms with Crippen LogP contribution in [0.25, 0.3) is 0 Å². The Hall–Kier alpha value is -0.700. The van der Waals surface area contributed by atoms with Gasteiger partial charge in [-0.1, -0.05) is 11.6 Å². The molecule has 0 spiro atoms. The van der Waals surface area contributed by atoms with Gasteiger partial charge in [-0.25, -0.2) is 4.98 Å². The fourth-order valence-electron chi connectivity index (χ4n) is 0.434. The highest BCUT2D eigenvalue weighted by Crippen LogP contribution is 2.05. The van der Waals surface area contributed by atoms with E-state index in [0.29, 0.717) is 16.7 Å². The van der Waals surface area contributed by atoms with Gasteiger partial charge in [0.05, 0.1) is 5.69 Å². The molecule has 0 amide bonds. The molecule has 0 aliphatic heterocycles. The van der Waals surface area contributed by atoms with Crippen LogP contribution in [0.1, 0.15) is 11.5 Å². The molecular weight excluding hydrogens is 138 g/mol. The molecule has 1 aromatic heterocycles. The number of hydrogen-bond acceptors (Lipinski definition) is 3. The van der Waals surface area contributed by atoms with Crippen molar-refractivity contribution in [3.63, 3.8) is 0 Å². The van der Waals surface area contributed by atoms with E-state index in [4.69, 9.17) is 11.6 Å². The van der Waals surface area contributed by atoms with E-state index in [9.17, 15) is 0 Å². The number of aromatic nitrogens is 3. The molecule has 9 heavy (non-hydrogen) atoms. The number of rotatable bonds is 0. The molecule has 0 fully saturated rings. The first-order valence-electron chi connectivity index (χ1n) is 2.53. The Bertz CT molecular complexity index is 223. The van der Waals surface area contributed by atoms with Crippen LogP contribution in [0.15, 0.2) is 0 Å². The molecule has 4 heteroatoms. The van der Waals surface area contributed by atoms with E-state index in [1.54, 1.807) is 13.8 Å². The van der Waals surface area contributed by atoms with E-state index in [-0.39, 0.29) is 0 Å². The lowest BCUT2D eigenvalue weighted by atomic mass is 10.5. The van der Waals surface area contributed by atoms with E-state index < -0.39 is 0 Å². The van der Waals surface area contributed by atoms with Crippen LogP contribution in [-0.2, 0) is 0 Å². The lowest BCUT2D eigenvalue weighted by molar-refractivity contribution is 0.875. The largest absolute Gasteiger partial charge is 0.218 e. The minimum absolute atomic E-state index is 0.433. The molecule has 0 aliphatic carbocycles. The van der Waals surface area contributed by atoms with Gasteiger partial charge in [0.25, 0.3) is 0 Å². The zero-order valence-electron chi connectivity index (χ0n) is 5.22. The summed E-state index contributed by atoms with van der Waals surface area (Å²) >= 11 is 5.60. The highest BCUT2D eigenvalue weighted by molar-refractivity contribution is 6.29. The zero-order valence-corrected chi connectivity index (χ0v) is 5.98. The van der Waals surface area contributed by atoms with Crippen molar-refractivity contribution in [2.45, 2.75) is 13.8 Å². The number of aryl methyl sites for hydroxylation is 2. The molecule has 0 saturated heterocycles. The maximum atomic E-state index is 5.60. The van der Waals surface area contributed by atoms with Gasteiger partial charge in [0.1, 0.15) is 5.82 Å². The third-order valence-electron chi connectivity index (χ3n) is 0.903. The van der Waals surface area contributed by atoms with Crippen molar-refractivity contribution in [1.82, 2.24) is 15.2 Å². The molecule has 0 saturated carbocycles. The molecule has 0 radical (unpaired) electrons. The third kappa shape index (κ3) is 1.36. The summed E-state index contributed by atoms with van der Waals surface area (Å²) in [7, 11) is 0. The molecule has 1 aromatic rings. The van der Waals surface area contributed by atoms with Gasteiger partial charge in [-0.15, -0.1) is 5.10 Å². The highest BCUT2D eigenvalue weighted by atomic mass is 35.5. The number of hydrogen-bond donors (Lipinski definition) is 0. The van der Waals surface area contributed by atoms with Crippen molar-refractivity contribution in [3.8, 4) is 0 Å². The Morgan fingerprint density at radius 1 is 1.22 bits per heavy atom. The molecule has 0 atom stereocenters. The molecular formula is C5H6ClN3. The minimum atomic E-state index is 0.433. The molecule has 0 N–H and O–H groups in total. The van der Waals surface area contributed by atoms with E-state index in [0.717, 1.165) is 0 Å². The Kier molecular flexibility index (Phi) is 1.62. The Morgan fingerprint density at radius 2 is 1.89 bits per heavy atom. The third-order valence-corrected chi connectivity index (χ3v) is 1.26. The molecule has 0 aromatic carbocycles. The molecule has 48 valence electrons. The quantitative estimate of drug-likeness (QED) is 0.547. The predicted octanol–water partition coefficient (Wildman–Crippen LogP) is 1.14. The van der Waals surface area contributed by atoms with Gasteiger partial charge in [0.15, 0.2) is 5.15 Å². The molecule has 0 aliphatic rings. The van der Waals surface area contributed by atoms with Crippen LogP contribution >= 0.6 is 11.6 Å². The fraction of sp³-hybridized carbons (Fsp3) is 0.400. The summed E-state index contributed by atoms with van der Waals surface area (Å²) in [5.41, 5.74) is 0.669. The molecule has 1 heterocycles. The highest BCUT2D eigenvalue weighted by Gasteiger charge is 1.96. The summed E-state index contributed by atoms with van der Waals surface area (Å²) in [6.45, 7) is 3.51. The summed E-state index contributed by atoms with van der Waals surface area (Å²) in [6.07, 6.45) is 0. The van der Waals surface area contributed by atoms with Gasteiger partial charge >= 0.3 is 0 Å². The van der Waals surface area contributed by atoms with E-state index >= 15 is 0 Å². The Labute approximate surface area is 58.1 Å². The van der Waals surface area contributed by atoms with Crippen LogP contribution < -0.4 is 0 Å².